The number of nitrogens with two attached hydrogens (primary N) is 1. The highest BCUT2D eigenvalue weighted by Crippen LogP contribution is 2.35. The summed E-state index contributed by atoms with van der Waals surface area (Å²) >= 11 is 0. The number of nitrogens with zero attached hydrogens (tertiary/aromatic N) is 1. The van der Waals surface area contributed by atoms with Gasteiger partial charge in [0.05, 0.1) is 32.4 Å². The van der Waals surface area contributed by atoms with E-state index < -0.39 is 0 Å². The molecule has 3 rings (SSSR count). The number of hydrogen-bond acceptors (Lipinski definition) is 3. The fourth-order valence-corrected chi connectivity index (χ4v) is 3.06. The minimum atomic E-state index is 0.233. The summed E-state index contributed by atoms with van der Waals surface area (Å²) in [5, 5.41) is 11.3. The van der Waals surface area contributed by atoms with E-state index in [4.69, 9.17) is 14.7 Å². The molecule has 1 heterocycles. The standard InChI is InChI=1S/C18H18N2O2/c1-21-16-9-14-7-8-20-18(15(14)10-17(16)22-2)13-5-3-12(11-19)4-6-13/h3-6,9-10,18,20H,7-8H2,1-2H3/p+1. The van der Waals surface area contributed by atoms with E-state index in [2.05, 4.69) is 23.5 Å². The third kappa shape index (κ3) is 2.51. The van der Waals surface area contributed by atoms with Crippen LogP contribution in [0.3, 0.4) is 0 Å². The van der Waals surface area contributed by atoms with Crippen LogP contribution in [0.2, 0.25) is 0 Å². The zero-order valence-electron chi connectivity index (χ0n) is 12.8. The lowest BCUT2D eigenvalue weighted by Gasteiger charge is -2.25. The Kier molecular flexibility index (Phi) is 3.99. The minimum Gasteiger partial charge on any atom is -0.493 e. The molecule has 0 saturated heterocycles. The maximum Gasteiger partial charge on any atom is 0.161 e. The lowest BCUT2D eigenvalue weighted by Crippen LogP contribution is -2.87. The molecule has 0 fully saturated rings. The fraction of sp³-hybridized carbons (Fsp3) is 0.278. The van der Waals surface area contributed by atoms with Crippen molar-refractivity contribution in [1.29, 1.82) is 5.26 Å². The first-order valence-corrected chi connectivity index (χ1v) is 7.35. The van der Waals surface area contributed by atoms with Crippen molar-refractivity contribution in [2.45, 2.75) is 12.5 Å². The van der Waals surface area contributed by atoms with Crippen molar-refractivity contribution in [3.8, 4) is 17.6 Å². The zero-order valence-corrected chi connectivity index (χ0v) is 12.8. The molecule has 0 aliphatic carbocycles. The van der Waals surface area contributed by atoms with Crippen LogP contribution in [0.25, 0.3) is 0 Å². The van der Waals surface area contributed by atoms with Crippen LogP contribution in [0.15, 0.2) is 36.4 Å². The van der Waals surface area contributed by atoms with Crippen molar-refractivity contribution >= 4 is 0 Å². The number of methoxy groups -OCH3 is 2. The van der Waals surface area contributed by atoms with Gasteiger partial charge >= 0.3 is 0 Å². The largest absolute Gasteiger partial charge is 0.493 e. The highest BCUT2D eigenvalue weighted by Gasteiger charge is 2.27. The lowest BCUT2D eigenvalue weighted by atomic mass is 9.89. The molecule has 22 heavy (non-hydrogen) atoms. The Labute approximate surface area is 130 Å². The number of ether oxygens (including phenoxy) is 2. The summed E-state index contributed by atoms with van der Waals surface area (Å²) in [4.78, 5) is 0. The Balaban J connectivity index is 2.04. The molecular weight excluding hydrogens is 276 g/mol. The molecule has 1 aliphatic heterocycles. The molecule has 2 aromatic rings. The van der Waals surface area contributed by atoms with Crippen molar-refractivity contribution < 1.29 is 14.8 Å². The number of benzene rings is 2. The zero-order chi connectivity index (χ0) is 15.5. The van der Waals surface area contributed by atoms with Gasteiger partial charge in [0.1, 0.15) is 6.04 Å². The number of quaternary nitrogens is 1. The maximum absolute atomic E-state index is 8.93. The summed E-state index contributed by atoms with van der Waals surface area (Å²) < 4.78 is 10.8. The van der Waals surface area contributed by atoms with Gasteiger partial charge in [-0.05, 0) is 29.8 Å². The van der Waals surface area contributed by atoms with Crippen LogP contribution in [-0.2, 0) is 6.42 Å². The van der Waals surface area contributed by atoms with Crippen molar-refractivity contribution in [2.24, 2.45) is 0 Å². The molecule has 2 aromatic carbocycles. The molecule has 112 valence electrons. The van der Waals surface area contributed by atoms with Crippen molar-refractivity contribution in [3.63, 3.8) is 0 Å². The van der Waals surface area contributed by atoms with E-state index in [1.54, 1.807) is 14.2 Å². The first-order valence-electron chi connectivity index (χ1n) is 7.35. The topological polar surface area (TPSA) is 58.9 Å². The molecule has 0 saturated carbocycles. The molecule has 2 N–H and O–H groups in total. The molecule has 0 spiro atoms. The summed E-state index contributed by atoms with van der Waals surface area (Å²) in [5.41, 5.74) is 4.45. The maximum atomic E-state index is 8.93. The molecule has 1 unspecified atom stereocenters. The highest BCUT2D eigenvalue weighted by molar-refractivity contribution is 5.50. The number of fused-ring (bicyclic) bond motifs is 1. The Morgan fingerprint density at radius 3 is 2.41 bits per heavy atom. The van der Waals surface area contributed by atoms with E-state index in [1.165, 1.54) is 16.7 Å². The molecular formula is C18H19N2O2+. The van der Waals surface area contributed by atoms with Gasteiger partial charge in [0.15, 0.2) is 11.5 Å². The van der Waals surface area contributed by atoms with E-state index in [-0.39, 0.29) is 6.04 Å². The van der Waals surface area contributed by atoms with Gasteiger partial charge < -0.3 is 14.8 Å². The van der Waals surface area contributed by atoms with Crippen LogP contribution in [0.1, 0.15) is 28.3 Å². The fourth-order valence-electron chi connectivity index (χ4n) is 3.06. The lowest BCUT2D eigenvalue weighted by molar-refractivity contribution is -0.690. The molecule has 0 amide bonds. The highest BCUT2D eigenvalue weighted by atomic mass is 16.5. The van der Waals surface area contributed by atoms with E-state index in [0.717, 1.165) is 24.5 Å². The summed E-state index contributed by atoms with van der Waals surface area (Å²) in [6.07, 6.45) is 1.02. The monoisotopic (exact) mass is 295 g/mol. The van der Waals surface area contributed by atoms with E-state index in [9.17, 15) is 0 Å². The molecule has 4 nitrogen and oxygen atoms in total. The summed E-state index contributed by atoms with van der Waals surface area (Å²) in [5.74, 6) is 1.54. The molecule has 4 heteroatoms. The van der Waals surface area contributed by atoms with Crippen LogP contribution >= 0.6 is 0 Å². The number of nitriles is 1. The Hall–Kier alpha value is -2.51. The second-order valence-electron chi connectivity index (χ2n) is 5.39. The molecule has 1 atom stereocenters. The van der Waals surface area contributed by atoms with Gasteiger partial charge in [-0.3, -0.25) is 0 Å². The van der Waals surface area contributed by atoms with Crippen LogP contribution in [0, 0.1) is 11.3 Å². The van der Waals surface area contributed by atoms with Gasteiger partial charge in [-0.25, -0.2) is 0 Å². The third-order valence-corrected chi connectivity index (χ3v) is 4.20. The third-order valence-electron chi connectivity index (χ3n) is 4.20. The molecule has 1 aliphatic rings. The number of hydrogen-bond donors (Lipinski definition) is 1. The van der Waals surface area contributed by atoms with E-state index in [0.29, 0.717) is 5.56 Å². The van der Waals surface area contributed by atoms with E-state index in [1.807, 2.05) is 24.3 Å². The summed E-state index contributed by atoms with van der Waals surface area (Å²) in [6.45, 7) is 1.03. The summed E-state index contributed by atoms with van der Waals surface area (Å²) in [6, 6.07) is 14.4. The second kappa shape index (κ2) is 6.08. The second-order valence-corrected chi connectivity index (χ2v) is 5.39. The van der Waals surface area contributed by atoms with Gasteiger partial charge in [-0.2, -0.15) is 5.26 Å². The predicted molar refractivity (Wildman–Crippen MR) is 83.0 cm³/mol. The molecule has 0 bridgehead atoms. The Morgan fingerprint density at radius 2 is 1.77 bits per heavy atom. The van der Waals surface area contributed by atoms with Gasteiger partial charge in [0, 0.05) is 17.5 Å². The Bertz CT molecular complexity index is 717. The molecule has 0 radical (unpaired) electrons. The quantitative estimate of drug-likeness (QED) is 0.939. The van der Waals surface area contributed by atoms with Crippen LogP contribution in [-0.4, -0.2) is 20.8 Å². The van der Waals surface area contributed by atoms with Gasteiger partial charge in [-0.15, -0.1) is 0 Å². The van der Waals surface area contributed by atoms with E-state index >= 15 is 0 Å². The van der Waals surface area contributed by atoms with Crippen molar-refractivity contribution in [3.05, 3.63) is 58.7 Å². The van der Waals surface area contributed by atoms with Gasteiger partial charge in [0.2, 0.25) is 0 Å². The van der Waals surface area contributed by atoms with Crippen LogP contribution in [0.4, 0.5) is 0 Å². The van der Waals surface area contributed by atoms with Crippen molar-refractivity contribution in [2.75, 3.05) is 20.8 Å². The van der Waals surface area contributed by atoms with Gasteiger partial charge in [-0.1, -0.05) is 12.1 Å². The van der Waals surface area contributed by atoms with Gasteiger partial charge in [0.25, 0.3) is 0 Å². The average molecular weight is 295 g/mol. The van der Waals surface area contributed by atoms with Crippen molar-refractivity contribution in [1.82, 2.24) is 0 Å². The normalized spacial score (nSPS) is 16.5. The predicted octanol–water partition coefficient (Wildman–Crippen LogP) is 1.78. The number of rotatable bonds is 3. The Morgan fingerprint density at radius 1 is 1.09 bits per heavy atom. The van der Waals surface area contributed by atoms with Crippen LogP contribution in [0.5, 0.6) is 11.5 Å². The van der Waals surface area contributed by atoms with Crippen LogP contribution < -0.4 is 14.8 Å². The molecule has 0 aromatic heterocycles. The first kappa shape index (κ1) is 14.4. The smallest absolute Gasteiger partial charge is 0.161 e. The average Bonchev–Trinajstić information content (AvgIpc) is 2.60. The summed E-state index contributed by atoms with van der Waals surface area (Å²) in [7, 11) is 3.32. The SMILES string of the molecule is COc1cc2c(cc1OC)C(c1ccc(C#N)cc1)[NH2+]CC2. The minimum absolute atomic E-state index is 0.233. The first-order chi connectivity index (χ1) is 10.8.